The lowest BCUT2D eigenvalue weighted by Gasteiger charge is -2.13. The van der Waals surface area contributed by atoms with Gasteiger partial charge in [-0.3, -0.25) is 4.99 Å². The van der Waals surface area contributed by atoms with Crippen LogP contribution in [0.25, 0.3) is 0 Å². The molecule has 1 atom stereocenters. The molecule has 0 saturated heterocycles. The minimum absolute atomic E-state index is 0.270. The molecule has 0 aromatic carbocycles. The maximum Gasteiger partial charge on any atom is 0.157 e. The second-order valence-electron chi connectivity index (χ2n) is 3.77. The SMILES string of the molecule is Cc1cc(C(C)NC2=NCCS2)c(C)o1. The summed E-state index contributed by atoms with van der Waals surface area (Å²) in [6, 6.07) is 2.36. The monoisotopic (exact) mass is 224 g/mol. The van der Waals surface area contributed by atoms with Gasteiger partial charge in [-0.15, -0.1) is 0 Å². The first-order valence-electron chi connectivity index (χ1n) is 5.17. The van der Waals surface area contributed by atoms with Crippen LogP contribution in [-0.4, -0.2) is 17.5 Å². The third kappa shape index (κ3) is 2.37. The van der Waals surface area contributed by atoms with E-state index >= 15 is 0 Å². The second kappa shape index (κ2) is 4.31. The van der Waals surface area contributed by atoms with Crippen LogP contribution in [0.2, 0.25) is 0 Å². The Morgan fingerprint density at radius 1 is 1.53 bits per heavy atom. The van der Waals surface area contributed by atoms with E-state index in [1.54, 1.807) is 11.8 Å². The normalized spacial score (nSPS) is 17.7. The van der Waals surface area contributed by atoms with E-state index < -0.39 is 0 Å². The number of nitrogens with one attached hydrogen (secondary N) is 1. The fourth-order valence-electron chi connectivity index (χ4n) is 1.77. The predicted octanol–water partition coefficient (Wildman–Crippen LogP) is 2.65. The van der Waals surface area contributed by atoms with E-state index in [1.807, 2.05) is 13.8 Å². The Balaban J connectivity index is 2.07. The number of amidine groups is 1. The van der Waals surface area contributed by atoms with Crippen molar-refractivity contribution < 1.29 is 4.42 Å². The average molecular weight is 224 g/mol. The van der Waals surface area contributed by atoms with Gasteiger partial charge < -0.3 is 9.73 Å². The first-order chi connectivity index (χ1) is 7.16. The maximum atomic E-state index is 5.51. The Bertz CT molecular complexity index is 384. The number of aliphatic imine (C=N–C) groups is 1. The number of thioether (sulfide) groups is 1. The molecule has 0 aliphatic carbocycles. The van der Waals surface area contributed by atoms with Gasteiger partial charge in [0.15, 0.2) is 5.17 Å². The number of rotatable bonds is 2. The van der Waals surface area contributed by atoms with E-state index in [2.05, 4.69) is 23.3 Å². The molecular formula is C11H16N2OS. The Hall–Kier alpha value is -0.900. The van der Waals surface area contributed by atoms with Crippen molar-refractivity contribution in [1.29, 1.82) is 0 Å². The van der Waals surface area contributed by atoms with Gasteiger partial charge in [0.05, 0.1) is 12.6 Å². The molecule has 2 rings (SSSR count). The second-order valence-corrected chi connectivity index (χ2v) is 4.85. The van der Waals surface area contributed by atoms with Gasteiger partial charge in [0.1, 0.15) is 11.5 Å². The lowest BCUT2D eigenvalue weighted by Crippen LogP contribution is -2.23. The van der Waals surface area contributed by atoms with Crippen molar-refractivity contribution in [2.24, 2.45) is 4.99 Å². The smallest absolute Gasteiger partial charge is 0.157 e. The van der Waals surface area contributed by atoms with Crippen LogP contribution in [0.1, 0.15) is 30.0 Å². The quantitative estimate of drug-likeness (QED) is 0.839. The minimum Gasteiger partial charge on any atom is -0.466 e. The van der Waals surface area contributed by atoms with Crippen LogP contribution in [0.3, 0.4) is 0 Å². The van der Waals surface area contributed by atoms with Crippen LogP contribution in [0, 0.1) is 13.8 Å². The fraction of sp³-hybridized carbons (Fsp3) is 0.545. The van der Waals surface area contributed by atoms with E-state index in [1.165, 1.54) is 5.56 Å². The minimum atomic E-state index is 0.270. The Morgan fingerprint density at radius 3 is 2.87 bits per heavy atom. The number of aryl methyl sites for hydroxylation is 2. The largest absolute Gasteiger partial charge is 0.466 e. The molecule has 1 unspecified atom stereocenters. The van der Waals surface area contributed by atoms with Gasteiger partial charge in [-0.05, 0) is 26.8 Å². The number of nitrogens with zero attached hydrogens (tertiary/aromatic N) is 1. The van der Waals surface area contributed by atoms with Gasteiger partial charge >= 0.3 is 0 Å². The molecule has 0 saturated carbocycles. The molecule has 0 fully saturated rings. The fourth-order valence-corrected chi connectivity index (χ4v) is 2.58. The molecule has 1 N–H and O–H groups in total. The number of furan rings is 1. The predicted molar refractivity (Wildman–Crippen MR) is 64.5 cm³/mol. The van der Waals surface area contributed by atoms with Crippen molar-refractivity contribution in [3.05, 3.63) is 23.2 Å². The highest BCUT2D eigenvalue weighted by Crippen LogP contribution is 2.22. The Kier molecular flexibility index (Phi) is 3.05. The van der Waals surface area contributed by atoms with Crippen LogP contribution in [0.5, 0.6) is 0 Å². The molecule has 1 aromatic rings. The van der Waals surface area contributed by atoms with Gasteiger partial charge in [0.2, 0.25) is 0 Å². The molecule has 2 heterocycles. The van der Waals surface area contributed by atoms with E-state index in [-0.39, 0.29) is 6.04 Å². The summed E-state index contributed by atoms with van der Waals surface area (Å²) in [6.45, 7) is 7.05. The van der Waals surface area contributed by atoms with Crippen LogP contribution < -0.4 is 5.32 Å². The first kappa shape index (κ1) is 10.6. The number of hydrogen-bond donors (Lipinski definition) is 1. The average Bonchev–Trinajstić information content (AvgIpc) is 2.75. The van der Waals surface area contributed by atoms with Crippen LogP contribution >= 0.6 is 11.8 Å². The maximum absolute atomic E-state index is 5.51. The highest BCUT2D eigenvalue weighted by molar-refractivity contribution is 8.14. The Labute approximate surface area is 94.3 Å². The molecule has 0 bridgehead atoms. The summed E-state index contributed by atoms with van der Waals surface area (Å²) in [7, 11) is 0. The molecule has 1 aromatic heterocycles. The molecule has 0 amide bonds. The molecule has 4 heteroatoms. The van der Waals surface area contributed by atoms with Gasteiger partial charge in [0.25, 0.3) is 0 Å². The van der Waals surface area contributed by atoms with Crippen molar-refractivity contribution in [2.45, 2.75) is 26.8 Å². The van der Waals surface area contributed by atoms with E-state index in [9.17, 15) is 0 Å². The summed E-state index contributed by atoms with van der Waals surface area (Å²) in [5, 5.41) is 4.46. The lowest BCUT2D eigenvalue weighted by molar-refractivity contribution is 0.497. The Morgan fingerprint density at radius 2 is 2.33 bits per heavy atom. The lowest BCUT2D eigenvalue weighted by atomic mass is 10.1. The standard InChI is InChI=1S/C11H16N2OS/c1-7-6-10(9(3)14-7)8(2)13-11-12-4-5-15-11/h6,8H,4-5H2,1-3H3,(H,12,13). The summed E-state index contributed by atoms with van der Waals surface area (Å²) in [6.07, 6.45) is 0. The third-order valence-electron chi connectivity index (χ3n) is 2.47. The van der Waals surface area contributed by atoms with Gasteiger partial charge in [0, 0.05) is 11.3 Å². The number of hydrogen-bond acceptors (Lipinski definition) is 4. The van der Waals surface area contributed by atoms with E-state index in [4.69, 9.17) is 4.42 Å². The molecule has 1 aliphatic heterocycles. The molecule has 0 spiro atoms. The summed E-state index contributed by atoms with van der Waals surface area (Å²) < 4.78 is 5.51. The zero-order valence-electron chi connectivity index (χ0n) is 9.33. The highest BCUT2D eigenvalue weighted by atomic mass is 32.2. The summed E-state index contributed by atoms with van der Waals surface area (Å²) in [4.78, 5) is 4.38. The summed E-state index contributed by atoms with van der Waals surface area (Å²) in [5.74, 6) is 3.06. The molecular weight excluding hydrogens is 208 g/mol. The summed E-state index contributed by atoms with van der Waals surface area (Å²) >= 11 is 1.79. The van der Waals surface area contributed by atoms with Crippen molar-refractivity contribution in [3.63, 3.8) is 0 Å². The van der Waals surface area contributed by atoms with Gasteiger partial charge in [-0.25, -0.2) is 0 Å². The van der Waals surface area contributed by atoms with Gasteiger partial charge in [-0.2, -0.15) is 0 Å². The molecule has 82 valence electrons. The van der Waals surface area contributed by atoms with Crippen molar-refractivity contribution in [3.8, 4) is 0 Å². The molecule has 15 heavy (non-hydrogen) atoms. The topological polar surface area (TPSA) is 37.5 Å². The molecule has 1 aliphatic rings. The van der Waals surface area contributed by atoms with Gasteiger partial charge in [-0.1, -0.05) is 11.8 Å². The zero-order valence-corrected chi connectivity index (χ0v) is 10.1. The van der Waals surface area contributed by atoms with Crippen molar-refractivity contribution >= 4 is 16.9 Å². The van der Waals surface area contributed by atoms with Crippen LogP contribution in [0.15, 0.2) is 15.5 Å². The van der Waals surface area contributed by atoms with E-state index in [0.29, 0.717) is 0 Å². The van der Waals surface area contributed by atoms with Crippen molar-refractivity contribution in [1.82, 2.24) is 5.32 Å². The first-order valence-corrected chi connectivity index (χ1v) is 6.16. The molecule has 3 nitrogen and oxygen atoms in total. The van der Waals surface area contributed by atoms with Crippen LogP contribution in [-0.2, 0) is 0 Å². The van der Waals surface area contributed by atoms with Crippen LogP contribution in [0.4, 0.5) is 0 Å². The third-order valence-corrected chi connectivity index (χ3v) is 3.38. The zero-order chi connectivity index (χ0) is 10.8. The van der Waals surface area contributed by atoms with E-state index in [0.717, 1.165) is 29.0 Å². The van der Waals surface area contributed by atoms with Crippen molar-refractivity contribution in [2.75, 3.05) is 12.3 Å². The highest BCUT2D eigenvalue weighted by Gasteiger charge is 2.15. The summed E-state index contributed by atoms with van der Waals surface area (Å²) in [5.41, 5.74) is 1.22. The molecule has 0 radical (unpaired) electrons.